The van der Waals surface area contributed by atoms with Crippen LogP contribution in [0.5, 0.6) is 0 Å². The van der Waals surface area contributed by atoms with Crippen LogP contribution in [0.2, 0.25) is 0 Å². The second kappa shape index (κ2) is 18.2. The summed E-state index contributed by atoms with van der Waals surface area (Å²) in [5.41, 5.74) is 1.48. The van der Waals surface area contributed by atoms with Gasteiger partial charge in [-0.1, -0.05) is 56.3 Å². The van der Waals surface area contributed by atoms with Crippen LogP contribution in [0.1, 0.15) is 94.4 Å². The Balaban J connectivity index is 0.00000183. The van der Waals surface area contributed by atoms with Crippen LogP contribution in [0.3, 0.4) is 0 Å². The summed E-state index contributed by atoms with van der Waals surface area (Å²) in [6.45, 7) is 5.19. The minimum absolute atomic E-state index is 0.0355. The number of aromatic nitrogens is 5. The first-order chi connectivity index (χ1) is 27.9. The quantitative estimate of drug-likeness (QED) is 0.149. The Morgan fingerprint density at radius 1 is 0.931 bits per heavy atom. The van der Waals surface area contributed by atoms with Gasteiger partial charge in [-0.05, 0) is 43.4 Å². The Hall–Kier alpha value is -7.18. The Kier molecular flexibility index (Phi) is 12.7. The van der Waals surface area contributed by atoms with E-state index in [1.165, 1.54) is 34.8 Å². The number of carbonyl (C=O) groups is 6. The van der Waals surface area contributed by atoms with E-state index in [1.807, 2.05) is 44.2 Å². The molecule has 5 aromatic rings. The van der Waals surface area contributed by atoms with Crippen molar-refractivity contribution in [2.45, 2.75) is 70.2 Å². The van der Waals surface area contributed by atoms with Crippen molar-refractivity contribution in [1.29, 1.82) is 0 Å². The van der Waals surface area contributed by atoms with Crippen LogP contribution in [0.25, 0.3) is 5.69 Å². The van der Waals surface area contributed by atoms with Gasteiger partial charge in [-0.3, -0.25) is 28.8 Å². The Morgan fingerprint density at radius 2 is 1.62 bits per heavy atom. The van der Waals surface area contributed by atoms with Gasteiger partial charge in [-0.15, -0.1) is 0 Å². The third-order valence-corrected chi connectivity index (χ3v) is 9.47. The molecular formula is C39H42N10O9. The highest BCUT2D eigenvalue weighted by atomic mass is 16.4. The molecule has 7 rings (SSSR count). The maximum absolute atomic E-state index is 14.3. The van der Waals surface area contributed by atoms with Gasteiger partial charge in [0.15, 0.2) is 11.4 Å². The van der Waals surface area contributed by atoms with Crippen LogP contribution in [0, 0.1) is 5.92 Å². The summed E-state index contributed by atoms with van der Waals surface area (Å²) in [5, 5.41) is 22.6. The average molecular weight is 795 g/mol. The van der Waals surface area contributed by atoms with E-state index in [-0.39, 0.29) is 54.9 Å². The number of fused-ring (bicyclic) bond motifs is 5. The van der Waals surface area contributed by atoms with Gasteiger partial charge in [0.25, 0.3) is 24.2 Å². The first-order valence-electron chi connectivity index (χ1n) is 18.5. The van der Waals surface area contributed by atoms with Crippen molar-refractivity contribution in [2.24, 2.45) is 5.92 Å². The topological polar surface area (TPSA) is 257 Å². The number of rotatable bonds is 7. The van der Waals surface area contributed by atoms with Crippen molar-refractivity contribution in [1.82, 2.24) is 50.9 Å². The van der Waals surface area contributed by atoms with Crippen LogP contribution in [-0.4, -0.2) is 95.4 Å². The van der Waals surface area contributed by atoms with Gasteiger partial charge in [0.1, 0.15) is 49.3 Å². The fourth-order valence-corrected chi connectivity index (χ4v) is 6.79. The molecule has 1 saturated heterocycles. The van der Waals surface area contributed by atoms with Crippen molar-refractivity contribution in [3.8, 4) is 5.69 Å². The molecule has 19 nitrogen and oxygen atoms in total. The SMILES string of the molecule is CC(C)C[C@H]1NC(=O)c2coc(n2)[C@H](Cc2ccccc2)NC(=O)[C@@H]2C[C@H](NC(=O)c3ccccc3-n3cncn3)CN2C(=O)c2coc(n2)[C@@H](C)NC1=O.O=CO. The molecule has 5 amide bonds. The fourth-order valence-electron chi connectivity index (χ4n) is 6.79. The van der Waals surface area contributed by atoms with E-state index < -0.39 is 59.7 Å². The van der Waals surface area contributed by atoms with Crippen molar-refractivity contribution < 1.29 is 42.7 Å². The van der Waals surface area contributed by atoms with Crippen LogP contribution < -0.4 is 21.3 Å². The van der Waals surface area contributed by atoms with Gasteiger partial charge < -0.3 is 40.1 Å². The molecule has 58 heavy (non-hydrogen) atoms. The standard InChI is InChI=1S/C38H40N10O7.CH2O2/c1-21(2)13-26-33(50)41-22(3)36-46-29(18-54-36)38(53)47-16-24(42-32(49)25-11-7-8-12-30(25)48-20-39-19-40-48)15-31(47)35(52)44-27(14-23-9-5-4-6-10-23)37-45-28(17-55-37)34(51)43-26;2-1-3/h4-12,17-22,24,26-27,31H,13-16H2,1-3H3,(H,41,50)(H,42,49)(H,43,51)(H,44,52);1H,(H,2,3)/t22-,24+,26-,27+,31+;/m1./s1. The summed E-state index contributed by atoms with van der Waals surface area (Å²) in [6.07, 6.45) is 5.79. The zero-order valence-corrected chi connectivity index (χ0v) is 31.8. The molecule has 2 aliphatic heterocycles. The van der Waals surface area contributed by atoms with Gasteiger partial charge in [0, 0.05) is 19.0 Å². The zero-order valence-electron chi connectivity index (χ0n) is 31.8. The molecule has 0 unspecified atom stereocenters. The number of carbonyl (C=O) groups excluding carboxylic acids is 5. The number of nitrogens with one attached hydrogen (secondary N) is 4. The predicted octanol–water partition coefficient (Wildman–Crippen LogP) is 2.39. The smallest absolute Gasteiger partial charge is 0.290 e. The third kappa shape index (κ3) is 9.43. The lowest BCUT2D eigenvalue weighted by Crippen LogP contribution is -2.48. The summed E-state index contributed by atoms with van der Waals surface area (Å²) in [5.74, 6) is -2.57. The molecule has 0 aliphatic carbocycles. The molecule has 5 atom stereocenters. The minimum atomic E-state index is -1.08. The Bertz CT molecular complexity index is 2240. The van der Waals surface area contributed by atoms with Gasteiger partial charge in [0.2, 0.25) is 23.6 Å². The van der Waals surface area contributed by atoms with Gasteiger partial charge >= 0.3 is 0 Å². The molecule has 4 bridgehead atoms. The molecule has 1 fully saturated rings. The summed E-state index contributed by atoms with van der Waals surface area (Å²) >= 11 is 0. The van der Waals surface area contributed by atoms with E-state index >= 15 is 0 Å². The van der Waals surface area contributed by atoms with Crippen LogP contribution in [0.4, 0.5) is 0 Å². The van der Waals surface area contributed by atoms with E-state index in [1.54, 1.807) is 31.2 Å². The minimum Gasteiger partial charge on any atom is -0.483 e. The summed E-state index contributed by atoms with van der Waals surface area (Å²) in [7, 11) is 0. The summed E-state index contributed by atoms with van der Waals surface area (Å²) in [4.78, 5) is 91.7. The Morgan fingerprint density at radius 3 is 2.34 bits per heavy atom. The molecule has 2 aliphatic rings. The number of hydrogen-bond donors (Lipinski definition) is 5. The second-order valence-electron chi connectivity index (χ2n) is 14.1. The summed E-state index contributed by atoms with van der Waals surface area (Å²) in [6, 6.07) is 11.9. The van der Waals surface area contributed by atoms with Crippen molar-refractivity contribution >= 4 is 36.0 Å². The van der Waals surface area contributed by atoms with E-state index in [9.17, 15) is 24.0 Å². The monoisotopic (exact) mass is 794 g/mol. The molecule has 19 heteroatoms. The molecule has 3 aromatic heterocycles. The number of benzene rings is 2. The van der Waals surface area contributed by atoms with Crippen molar-refractivity contribution in [3.05, 3.63) is 114 Å². The van der Waals surface area contributed by atoms with Gasteiger partial charge in [-0.25, -0.2) is 19.6 Å². The predicted molar refractivity (Wildman–Crippen MR) is 202 cm³/mol. The van der Waals surface area contributed by atoms with E-state index in [0.717, 1.165) is 5.56 Å². The highest BCUT2D eigenvalue weighted by Gasteiger charge is 2.43. The lowest BCUT2D eigenvalue weighted by Gasteiger charge is -2.25. The number of carboxylic acid groups (broad SMARTS) is 1. The van der Waals surface area contributed by atoms with E-state index in [0.29, 0.717) is 17.7 Å². The molecule has 2 aromatic carbocycles. The lowest BCUT2D eigenvalue weighted by molar-refractivity contribution is -0.126. The van der Waals surface area contributed by atoms with E-state index in [2.05, 4.69) is 41.3 Å². The molecular weight excluding hydrogens is 752 g/mol. The molecule has 5 heterocycles. The molecule has 5 N–H and O–H groups in total. The highest BCUT2D eigenvalue weighted by Crippen LogP contribution is 2.26. The van der Waals surface area contributed by atoms with Crippen molar-refractivity contribution in [3.63, 3.8) is 0 Å². The molecule has 302 valence electrons. The van der Waals surface area contributed by atoms with Gasteiger partial charge in [-0.2, -0.15) is 5.10 Å². The van der Waals surface area contributed by atoms with Crippen LogP contribution in [-0.2, 0) is 20.8 Å². The largest absolute Gasteiger partial charge is 0.483 e. The number of hydrogen-bond acceptors (Lipinski definition) is 12. The number of oxazole rings is 2. The first kappa shape index (κ1) is 40.5. The molecule has 0 spiro atoms. The van der Waals surface area contributed by atoms with Crippen LogP contribution in [0.15, 0.2) is 88.6 Å². The first-order valence-corrected chi connectivity index (χ1v) is 18.5. The molecule has 0 radical (unpaired) electrons. The van der Waals surface area contributed by atoms with Crippen LogP contribution >= 0.6 is 0 Å². The third-order valence-electron chi connectivity index (χ3n) is 9.47. The normalized spacial score (nSPS) is 21.0. The maximum Gasteiger partial charge on any atom is 0.290 e. The van der Waals surface area contributed by atoms with Gasteiger partial charge in [0.05, 0.1) is 11.3 Å². The number of nitrogens with zero attached hydrogens (tertiary/aromatic N) is 6. The zero-order chi connectivity index (χ0) is 41.3. The van der Waals surface area contributed by atoms with E-state index in [4.69, 9.17) is 18.7 Å². The highest BCUT2D eigenvalue weighted by molar-refractivity contribution is 5.99. The lowest BCUT2D eigenvalue weighted by atomic mass is 10.0. The molecule has 0 saturated carbocycles. The van der Waals surface area contributed by atoms with Crippen molar-refractivity contribution in [2.75, 3.05) is 6.54 Å². The Labute approximate surface area is 331 Å². The number of amides is 5. The summed E-state index contributed by atoms with van der Waals surface area (Å²) < 4.78 is 12.9. The second-order valence-corrected chi connectivity index (χ2v) is 14.1. The fraction of sp³-hybridized carbons (Fsp3) is 0.333. The number of para-hydroxylation sites is 1. The maximum atomic E-state index is 14.3. The average Bonchev–Trinajstić information content (AvgIpc) is 4.05.